The minimum atomic E-state index is -0.207. The van der Waals surface area contributed by atoms with Gasteiger partial charge in [-0.2, -0.15) is 0 Å². The van der Waals surface area contributed by atoms with Gasteiger partial charge in [0.25, 0.3) is 0 Å². The molecule has 1 aromatic rings. The zero-order chi connectivity index (χ0) is 12.7. The van der Waals surface area contributed by atoms with Crippen molar-refractivity contribution in [2.75, 3.05) is 27.4 Å². The first-order valence-electron chi connectivity index (χ1n) is 5.33. The molecule has 0 aliphatic carbocycles. The second kappa shape index (κ2) is 7.76. The molecule has 0 bridgehead atoms. The van der Waals surface area contributed by atoms with Gasteiger partial charge in [0.05, 0.1) is 12.7 Å². The van der Waals surface area contributed by atoms with Gasteiger partial charge in [-0.25, -0.2) is 4.39 Å². The van der Waals surface area contributed by atoms with E-state index in [4.69, 9.17) is 9.47 Å². The highest BCUT2D eigenvalue weighted by Gasteiger charge is 2.07. The Kier molecular flexibility index (Phi) is 6.65. The van der Waals surface area contributed by atoms with Crippen LogP contribution < -0.4 is 5.32 Å². The lowest BCUT2D eigenvalue weighted by molar-refractivity contribution is 0.0287. The van der Waals surface area contributed by atoms with E-state index < -0.39 is 0 Å². The second-order valence-electron chi connectivity index (χ2n) is 3.68. The number of nitrogens with one attached hydrogen (secondary N) is 1. The van der Waals surface area contributed by atoms with Crippen molar-refractivity contribution in [3.05, 3.63) is 34.1 Å². The van der Waals surface area contributed by atoms with Crippen LogP contribution in [0.4, 0.5) is 4.39 Å². The van der Waals surface area contributed by atoms with Gasteiger partial charge in [0.1, 0.15) is 5.82 Å². The van der Waals surface area contributed by atoms with Crippen molar-refractivity contribution < 1.29 is 13.9 Å². The lowest BCUT2D eigenvalue weighted by atomic mass is 10.2. The summed E-state index contributed by atoms with van der Waals surface area (Å²) in [7, 11) is 3.26. The van der Waals surface area contributed by atoms with Crippen LogP contribution in [-0.4, -0.2) is 33.5 Å². The molecule has 0 aliphatic rings. The van der Waals surface area contributed by atoms with Gasteiger partial charge in [0.2, 0.25) is 0 Å². The van der Waals surface area contributed by atoms with E-state index in [0.29, 0.717) is 25.3 Å². The van der Waals surface area contributed by atoms with Crippen LogP contribution in [0.25, 0.3) is 0 Å². The fraction of sp³-hybridized carbons (Fsp3) is 0.500. The average Bonchev–Trinajstić information content (AvgIpc) is 2.32. The predicted molar refractivity (Wildman–Crippen MR) is 68.5 cm³/mol. The van der Waals surface area contributed by atoms with Crippen molar-refractivity contribution in [2.24, 2.45) is 0 Å². The largest absolute Gasteiger partial charge is 0.382 e. The number of benzene rings is 1. The number of methoxy groups -OCH3 is 2. The minimum Gasteiger partial charge on any atom is -0.382 e. The summed E-state index contributed by atoms with van der Waals surface area (Å²) in [6.07, 6.45) is -0.0183. The van der Waals surface area contributed by atoms with Crippen molar-refractivity contribution in [1.29, 1.82) is 0 Å². The molecule has 0 heterocycles. The molecule has 0 fully saturated rings. The van der Waals surface area contributed by atoms with Crippen LogP contribution in [0.2, 0.25) is 0 Å². The fourth-order valence-corrected chi connectivity index (χ4v) is 1.85. The molecule has 1 rings (SSSR count). The summed E-state index contributed by atoms with van der Waals surface area (Å²) < 4.78 is 24.5. The van der Waals surface area contributed by atoms with Crippen LogP contribution in [0.15, 0.2) is 22.7 Å². The summed E-state index contributed by atoms with van der Waals surface area (Å²) in [6.45, 7) is 1.61. The number of hydrogen-bond donors (Lipinski definition) is 1. The van der Waals surface area contributed by atoms with Crippen LogP contribution in [0.5, 0.6) is 0 Å². The molecule has 3 nitrogen and oxygen atoms in total. The summed E-state index contributed by atoms with van der Waals surface area (Å²) in [6, 6.07) is 4.90. The molecular weight excluding hydrogens is 289 g/mol. The Morgan fingerprint density at radius 3 is 2.82 bits per heavy atom. The molecule has 1 aromatic carbocycles. The van der Waals surface area contributed by atoms with E-state index >= 15 is 0 Å². The molecule has 0 spiro atoms. The highest BCUT2D eigenvalue weighted by atomic mass is 79.9. The van der Waals surface area contributed by atoms with Crippen LogP contribution in [0.1, 0.15) is 5.56 Å². The lowest BCUT2D eigenvalue weighted by Gasteiger charge is -2.15. The van der Waals surface area contributed by atoms with Gasteiger partial charge < -0.3 is 14.8 Å². The van der Waals surface area contributed by atoms with Crippen molar-refractivity contribution >= 4 is 15.9 Å². The van der Waals surface area contributed by atoms with E-state index in [1.165, 1.54) is 6.07 Å². The van der Waals surface area contributed by atoms with Gasteiger partial charge in [0.15, 0.2) is 0 Å². The fourth-order valence-electron chi connectivity index (χ4n) is 1.44. The molecule has 1 N–H and O–H groups in total. The molecule has 0 saturated heterocycles. The van der Waals surface area contributed by atoms with Crippen LogP contribution >= 0.6 is 15.9 Å². The number of ether oxygens (including phenoxy) is 2. The van der Waals surface area contributed by atoms with Gasteiger partial charge in [-0.15, -0.1) is 0 Å². The third kappa shape index (κ3) is 5.12. The van der Waals surface area contributed by atoms with Gasteiger partial charge >= 0.3 is 0 Å². The Morgan fingerprint density at radius 1 is 1.41 bits per heavy atom. The first-order valence-corrected chi connectivity index (χ1v) is 6.13. The molecule has 96 valence electrons. The molecule has 0 aromatic heterocycles. The number of hydrogen-bond acceptors (Lipinski definition) is 3. The summed E-state index contributed by atoms with van der Waals surface area (Å²) in [4.78, 5) is 0. The van der Waals surface area contributed by atoms with E-state index in [9.17, 15) is 4.39 Å². The van der Waals surface area contributed by atoms with Crippen LogP contribution in [0.3, 0.4) is 0 Å². The summed E-state index contributed by atoms with van der Waals surface area (Å²) in [5.41, 5.74) is 0.631. The van der Waals surface area contributed by atoms with Gasteiger partial charge in [-0.05, 0) is 18.2 Å². The zero-order valence-corrected chi connectivity index (χ0v) is 11.6. The van der Waals surface area contributed by atoms with Crippen molar-refractivity contribution in [3.63, 3.8) is 0 Å². The highest BCUT2D eigenvalue weighted by molar-refractivity contribution is 9.10. The third-order valence-electron chi connectivity index (χ3n) is 2.38. The quantitative estimate of drug-likeness (QED) is 0.839. The lowest BCUT2D eigenvalue weighted by Crippen LogP contribution is -2.31. The van der Waals surface area contributed by atoms with Crippen molar-refractivity contribution in [3.8, 4) is 0 Å². The molecule has 0 saturated carbocycles. The number of halogens is 2. The van der Waals surface area contributed by atoms with Crippen molar-refractivity contribution in [1.82, 2.24) is 5.32 Å². The summed E-state index contributed by atoms with van der Waals surface area (Å²) >= 11 is 3.32. The molecule has 0 aliphatic heterocycles. The molecule has 5 heteroatoms. The number of rotatable bonds is 7. The highest BCUT2D eigenvalue weighted by Crippen LogP contribution is 2.15. The normalized spacial score (nSPS) is 12.7. The van der Waals surface area contributed by atoms with E-state index in [2.05, 4.69) is 21.2 Å². The molecule has 1 unspecified atom stereocenters. The maximum atomic E-state index is 13.4. The van der Waals surface area contributed by atoms with E-state index in [-0.39, 0.29) is 11.9 Å². The van der Waals surface area contributed by atoms with Gasteiger partial charge in [0, 0.05) is 37.3 Å². The van der Waals surface area contributed by atoms with E-state index in [1.807, 2.05) is 0 Å². The molecule has 0 radical (unpaired) electrons. The standard InChI is InChI=1S/C12H17BrFNO2/c1-16-8-11(17-2)7-15-6-9-5-10(13)3-4-12(9)14/h3-5,11,15H,6-8H2,1-2H3. The van der Waals surface area contributed by atoms with E-state index in [1.54, 1.807) is 26.4 Å². The first-order chi connectivity index (χ1) is 8.17. The van der Waals surface area contributed by atoms with Gasteiger partial charge in [-0.3, -0.25) is 0 Å². The first kappa shape index (κ1) is 14.6. The zero-order valence-electron chi connectivity index (χ0n) is 10.0. The Labute approximate surface area is 109 Å². The monoisotopic (exact) mass is 305 g/mol. The van der Waals surface area contributed by atoms with Gasteiger partial charge in [-0.1, -0.05) is 15.9 Å². The topological polar surface area (TPSA) is 30.5 Å². The van der Waals surface area contributed by atoms with Crippen LogP contribution in [0, 0.1) is 5.82 Å². The predicted octanol–water partition coefficient (Wildman–Crippen LogP) is 2.34. The molecular formula is C12H17BrFNO2. The molecule has 17 heavy (non-hydrogen) atoms. The third-order valence-corrected chi connectivity index (χ3v) is 2.87. The SMILES string of the molecule is COCC(CNCc1cc(Br)ccc1F)OC. The maximum absolute atomic E-state index is 13.4. The van der Waals surface area contributed by atoms with E-state index in [0.717, 1.165) is 4.47 Å². The smallest absolute Gasteiger partial charge is 0.127 e. The molecule has 0 amide bonds. The Morgan fingerprint density at radius 2 is 2.18 bits per heavy atom. The van der Waals surface area contributed by atoms with Crippen LogP contribution in [-0.2, 0) is 16.0 Å². The average molecular weight is 306 g/mol. The summed E-state index contributed by atoms with van der Waals surface area (Å²) in [5, 5.41) is 3.14. The Bertz CT molecular complexity index is 349. The maximum Gasteiger partial charge on any atom is 0.127 e. The molecule has 1 atom stereocenters. The minimum absolute atomic E-state index is 0.0183. The summed E-state index contributed by atoms with van der Waals surface area (Å²) in [5.74, 6) is -0.207. The Balaban J connectivity index is 2.42. The van der Waals surface area contributed by atoms with Crippen molar-refractivity contribution in [2.45, 2.75) is 12.6 Å². The Hall–Kier alpha value is -0.490. The second-order valence-corrected chi connectivity index (χ2v) is 4.60.